The number of nitrogens with one attached hydrogen (secondary N) is 1. The van der Waals surface area contributed by atoms with Crippen LogP contribution < -0.4 is 5.32 Å². The summed E-state index contributed by atoms with van der Waals surface area (Å²) in [6.07, 6.45) is 7.10. The molecule has 1 N–H and O–H groups in total. The minimum absolute atomic E-state index is 0.142. The highest BCUT2D eigenvalue weighted by molar-refractivity contribution is 6.31. The lowest BCUT2D eigenvalue weighted by molar-refractivity contribution is 0.204. The maximum Gasteiger partial charge on any atom is 0.323 e. The van der Waals surface area contributed by atoms with Gasteiger partial charge >= 0.3 is 6.03 Å². The Labute approximate surface area is 222 Å². The second-order valence-corrected chi connectivity index (χ2v) is 9.54. The van der Waals surface area contributed by atoms with E-state index in [-0.39, 0.29) is 18.0 Å². The van der Waals surface area contributed by atoms with Gasteiger partial charge in [-0.25, -0.2) is 9.78 Å². The molecular weight excluding hydrogens is 482 g/mol. The zero-order valence-electron chi connectivity index (χ0n) is 20.6. The third-order valence-corrected chi connectivity index (χ3v) is 7.09. The molecule has 1 atom stereocenters. The van der Waals surface area contributed by atoms with Gasteiger partial charge in [-0.2, -0.15) is 0 Å². The highest BCUT2D eigenvalue weighted by Gasteiger charge is 2.38. The Morgan fingerprint density at radius 2 is 1.59 bits per heavy atom. The number of aromatic nitrogens is 2. The third-order valence-electron chi connectivity index (χ3n) is 6.74. The number of benzene rings is 3. The molecule has 6 nitrogen and oxygen atoms in total. The monoisotopic (exact) mass is 511 g/mol. The lowest BCUT2D eigenvalue weighted by atomic mass is 9.88. The molecule has 3 aromatic carbocycles. The summed E-state index contributed by atoms with van der Waals surface area (Å²) in [7, 11) is 0. The summed E-state index contributed by atoms with van der Waals surface area (Å²) in [4.78, 5) is 24.0. The van der Waals surface area contributed by atoms with Gasteiger partial charge < -0.3 is 9.47 Å². The summed E-state index contributed by atoms with van der Waals surface area (Å²) in [6.45, 7) is 1.94. The van der Waals surface area contributed by atoms with Gasteiger partial charge in [0, 0.05) is 48.5 Å². The van der Waals surface area contributed by atoms with E-state index in [4.69, 9.17) is 16.6 Å². The second-order valence-electron chi connectivity index (χ2n) is 9.13. The van der Waals surface area contributed by atoms with E-state index in [0.717, 1.165) is 24.9 Å². The van der Waals surface area contributed by atoms with Gasteiger partial charge in [0.1, 0.15) is 11.9 Å². The van der Waals surface area contributed by atoms with Gasteiger partial charge in [-0.15, -0.1) is 0 Å². The predicted octanol–water partition coefficient (Wildman–Crippen LogP) is 6.31. The molecule has 1 aromatic heterocycles. The predicted molar refractivity (Wildman–Crippen MR) is 148 cm³/mol. The molecule has 1 fully saturated rings. The number of amidine groups is 1. The van der Waals surface area contributed by atoms with Crippen LogP contribution in [0.15, 0.2) is 109 Å². The zero-order chi connectivity index (χ0) is 25.5. The Bertz CT molecular complexity index is 1290. The van der Waals surface area contributed by atoms with Crippen LogP contribution in [0.25, 0.3) is 0 Å². The molecule has 0 radical (unpaired) electrons. The smallest absolute Gasteiger partial charge is 0.323 e. The first kappa shape index (κ1) is 24.8. The topological polar surface area (TPSA) is 62.5 Å². The molecule has 0 aliphatic carbocycles. The SMILES string of the molecule is O=C1NC(=NCCC(c2ccccc2)c2ccccc2)C(c2ccccc2Cl)N1CCCn1ccnc1. The average Bonchev–Trinajstić information content (AvgIpc) is 3.56. The lowest BCUT2D eigenvalue weighted by Crippen LogP contribution is -2.31. The molecule has 1 unspecified atom stereocenters. The van der Waals surface area contributed by atoms with Gasteiger partial charge in [-0.05, 0) is 30.0 Å². The first-order valence-electron chi connectivity index (χ1n) is 12.6. The first-order valence-corrected chi connectivity index (χ1v) is 13.0. The first-order chi connectivity index (χ1) is 18.2. The van der Waals surface area contributed by atoms with Crippen molar-refractivity contribution in [3.8, 4) is 0 Å². The molecular formula is C30H30ClN5O. The van der Waals surface area contributed by atoms with Crippen molar-refractivity contribution in [2.24, 2.45) is 4.99 Å². The molecule has 37 heavy (non-hydrogen) atoms. The maximum atomic E-state index is 13.1. The van der Waals surface area contributed by atoms with Gasteiger partial charge in [-0.1, -0.05) is 90.5 Å². The highest BCUT2D eigenvalue weighted by atomic mass is 35.5. The largest absolute Gasteiger partial charge is 0.337 e. The number of imidazole rings is 1. The van der Waals surface area contributed by atoms with E-state index in [1.807, 2.05) is 52.1 Å². The van der Waals surface area contributed by atoms with Crippen LogP contribution in [-0.4, -0.2) is 39.4 Å². The third kappa shape index (κ3) is 5.92. The molecule has 0 bridgehead atoms. The number of carbonyl (C=O) groups is 1. The number of amides is 2. The van der Waals surface area contributed by atoms with Crippen molar-refractivity contribution in [1.29, 1.82) is 0 Å². The molecule has 7 heteroatoms. The van der Waals surface area contributed by atoms with E-state index < -0.39 is 0 Å². The summed E-state index contributed by atoms with van der Waals surface area (Å²) in [6, 6.07) is 28.2. The van der Waals surface area contributed by atoms with E-state index >= 15 is 0 Å². The number of hydrogen-bond donors (Lipinski definition) is 1. The van der Waals surface area contributed by atoms with E-state index in [1.54, 1.807) is 12.5 Å². The number of rotatable bonds is 10. The Morgan fingerprint density at radius 1 is 0.919 bits per heavy atom. The summed E-state index contributed by atoms with van der Waals surface area (Å²) in [5.41, 5.74) is 3.40. The molecule has 2 amide bonds. The molecule has 1 aliphatic rings. The van der Waals surface area contributed by atoms with E-state index in [9.17, 15) is 4.79 Å². The van der Waals surface area contributed by atoms with Crippen molar-refractivity contribution in [2.45, 2.75) is 31.3 Å². The van der Waals surface area contributed by atoms with Crippen molar-refractivity contribution in [2.75, 3.05) is 13.1 Å². The average molecular weight is 512 g/mol. The Kier molecular flexibility index (Phi) is 7.96. The fraction of sp³-hybridized carbons (Fsp3) is 0.233. The summed E-state index contributed by atoms with van der Waals surface area (Å²) in [5.74, 6) is 0.870. The molecule has 1 saturated heterocycles. The molecule has 0 saturated carbocycles. The van der Waals surface area contributed by atoms with E-state index in [0.29, 0.717) is 23.9 Å². The second kappa shape index (κ2) is 11.9. The van der Waals surface area contributed by atoms with Crippen LogP contribution in [0.1, 0.15) is 41.5 Å². The molecule has 5 rings (SSSR count). The number of carbonyl (C=O) groups excluding carboxylic acids is 1. The molecule has 0 spiro atoms. The number of halogens is 1. The fourth-order valence-corrected chi connectivity index (χ4v) is 5.18. The fourth-order valence-electron chi connectivity index (χ4n) is 4.94. The quantitative estimate of drug-likeness (QED) is 0.271. The molecule has 1 aliphatic heterocycles. The van der Waals surface area contributed by atoms with Crippen molar-refractivity contribution in [3.63, 3.8) is 0 Å². The Hall–Kier alpha value is -3.90. The van der Waals surface area contributed by atoms with Crippen LogP contribution in [-0.2, 0) is 6.54 Å². The molecule has 2 heterocycles. The van der Waals surface area contributed by atoms with Crippen LogP contribution in [0.4, 0.5) is 4.79 Å². The van der Waals surface area contributed by atoms with E-state index in [1.165, 1.54) is 11.1 Å². The summed E-state index contributed by atoms with van der Waals surface area (Å²) >= 11 is 6.61. The standard InChI is InChI=1S/C30H30ClN5O/c31-27-15-8-7-14-26(27)28-29(34-30(37)36(28)20-9-19-35-21-18-32-22-35)33-17-16-25(23-10-3-1-4-11-23)24-12-5-2-6-13-24/h1-8,10-15,18,21-22,25,28H,9,16-17,19-20H2,(H,33,34,37). The minimum Gasteiger partial charge on any atom is -0.337 e. The number of nitrogens with zero attached hydrogens (tertiary/aromatic N) is 4. The summed E-state index contributed by atoms with van der Waals surface area (Å²) in [5, 5.41) is 3.66. The van der Waals surface area contributed by atoms with Gasteiger partial charge in [-0.3, -0.25) is 10.3 Å². The molecule has 188 valence electrons. The van der Waals surface area contributed by atoms with Crippen LogP contribution in [0, 0.1) is 0 Å². The highest BCUT2D eigenvalue weighted by Crippen LogP contribution is 2.33. The van der Waals surface area contributed by atoms with Crippen LogP contribution >= 0.6 is 11.6 Å². The lowest BCUT2D eigenvalue weighted by Gasteiger charge is -2.24. The van der Waals surface area contributed by atoms with E-state index in [2.05, 4.69) is 58.8 Å². The van der Waals surface area contributed by atoms with Crippen molar-refractivity contribution in [3.05, 3.63) is 125 Å². The number of hydrogen-bond acceptors (Lipinski definition) is 3. The van der Waals surface area contributed by atoms with Crippen LogP contribution in [0.3, 0.4) is 0 Å². The van der Waals surface area contributed by atoms with Gasteiger partial charge in [0.2, 0.25) is 0 Å². The molecule has 4 aromatic rings. The Morgan fingerprint density at radius 3 is 2.24 bits per heavy atom. The maximum absolute atomic E-state index is 13.1. The minimum atomic E-state index is -0.337. The van der Waals surface area contributed by atoms with Gasteiger partial charge in [0.15, 0.2) is 0 Å². The van der Waals surface area contributed by atoms with Gasteiger partial charge in [0.25, 0.3) is 0 Å². The number of aryl methyl sites for hydroxylation is 1. The van der Waals surface area contributed by atoms with Gasteiger partial charge in [0.05, 0.1) is 6.33 Å². The van der Waals surface area contributed by atoms with Crippen LogP contribution in [0.2, 0.25) is 5.02 Å². The summed E-state index contributed by atoms with van der Waals surface area (Å²) < 4.78 is 2.01. The zero-order valence-corrected chi connectivity index (χ0v) is 21.3. The van der Waals surface area contributed by atoms with Crippen LogP contribution in [0.5, 0.6) is 0 Å². The van der Waals surface area contributed by atoms with Crippen molar-refractivity contribution < 1.29 is 4.79 Å². The van der Waals surface area contributed by atoms with Crippen molar-refractivity contribution >= 4 is 23.5 Å². The Balaban J connectivity index is 1.37. The van der Waals surface area contributed by atoms with Crippen molar-refractivity contribution in [1.82, 2.24) is 19.8 Å². The number of aliphatic imine (C=N–C) groups is 1. The number of urea groups is 1. The normalized spacial score (nSPS) is 16.5.